The van der Waals surface area contributed by atoms with Crippen LogP contribution in [0.3, 0.4) is 0 Å². The van der Waals surface area contributed by atoms with Gasteiger partial charge in [-0.15, -0.1) is 0 Å². The summed E-state index contributed by atoms with van der Waals surface area (Å²) < 4.78 is 38.8. The normalized spacial score (nSPS) is 11.4. The lowest BCUT2D eigenvalue weighted by Crippen LogP contribution is -2.14. The van der Waals surface area contributed by atoms with Crippen LogP contribution in [0.25, 0.3) is 0 Å². The van der Waals surface area contributed by atoms with E-state index in [9.17, 15) is 18.0 Å². The highest BCUT2D eigenvalue weighted by molar-refractivity contribution is 9.10. The first-order valence-electron chi connectivity index (χ1n) is 5.21. The predicted octanol–water partition coefficient (Wildman–Crippen LogP) is 4.09. The minimum absolute atomic E-state index is 0.153. The summed E-state index contributed by atoms with van der Waals surface area (Å²) in [6.45, 7) is 0. The molecule has 0 amide bonds. The number of alkyl halides is 3. The van der Waals surface area contributed by atoms with Crippen LogP contribution in [-0.4, -0.2) is 10.8 Å². The molecule has 0 atom stereocenters. The SMILES string of the molecule is O=C(c1ccncc1)c1cccc(Br)c1C(F)(F)F. The van der Waals surface area contributed by atoms with Gasteiger partial charge in [-0.25, -0.2) is 0 Å². The molecule has 0 unspecified atom stereocenters. The fourth-order valence-corrected chi connectivity index (χ4v) is 2.25. The van der Waals surface area contributed by atoms with Gasteiger partial charge in [0.2, 0.25) is 0 Å². The van der Waals surface area contributed by atoms with E-state index in [1.165, 1.54) is 36.7 Å². The van der Waals surface area contributed by atoms with Gasteiger partial charge >= 0.3 is 6.18 Å². The molecule has 2 aromatic rings. The van der Waals surface area contributed by atoms with Crippen molar-refractivity contribution in [3.05, 3.63) is 63.9 Å². The van der Waals surface area contributed by atoms with E-state index in [0.717, 1.165) is 6.07 Å². The lowest BCUT2D eigenvalue weighted by atomic mass is 9.99. The highest BCUT2D eigenvalue weighted by Crippen LogP contribution is 2.38. The van der Waals surface area contributed by atoms with Crippen LogP contribution in [0, 0.1) is 0 Å². The number of hydrogen-bond donors (Lipinski definition) is 0. The largest absolute Gasteiger partial charge is 0.418 e. The first-order valence-corrected chi connectivity index (χ1v) is 6.01. The number of nitrogens with zero attached hydrogens (tertiary/aromatic N) is 1. The van der Waals surface area contributed by atoms with Crippen molar-refractivity contribution in [3.8, 4) is 0 Å². The molecule has 0 aliphatic heterocycles. The monoisotopic (exact) mass is 329 g/mol. The van der Waals surface area contributed by atoms with Gasteiger partial charge in [-0.1, -0.05) is 28.1 Å². The van der Waals surface area contributed by atoms with Crippen LogP contribution in [0.15, 0.2) is 47.2 Å². The lowest BCUT2D eigenvalue weighted by molar-refractivity contribution is -0.138. The summed E-state index contributed by atoms with van der Waals surface area (Å²) in [4.78, 5) is 15.8. The second-order valence-corrected chi connectivity index (χ2v) is 4.58. The first kappa shape index (κ1) is 13.7. The maximum Gasteiger partial charge on any atom is 0.418 e. The second-order valence-electron chi connectivity index (χ2n) is 3.73. The number of halogens is 4. The molecular weight excluding hydrogens is 323 g/mol. The van der Waals surface area contributed by atoms with E-state index >= 15 is 0 Å². The smallest absolute Gasteiger partial charge is 0.289 e. The number of benzene rings is 1. The topological polar surface area (TPSA) is 30.0 Å². The molecule has 0 aliphatic carbocycles. The summed E-state index contributed by atoms with van der Waals surface area (Å²) in [5.74, 6) is -0.684. The highest BCUT2D eigenvalue weighted by Gasteiger charge is 2.37. The molecule has 0 fully saturated rings. The molecule has 0 spiro atoms. The van der Waals surface area contributed by atoms with Gasteiger partial charge in [-0.2, -0.15) is 13.2 Å². The Bertz CT molecular complexity index is 611. The Hall–Kier alpha value is -1.69. The molecule has 0 N–H and O–H groups in total. The summed E-state index contributed by atoms with van der Waals surface area (Å²) in [7, 11) is 0. The standard InChI is InChI=1S/C13H7BrF3NO/c14-10-3-1-2-9(11(10)13(15,16)17)12(19)8-4-6-18-7-5-8/h1-7H. The number of carbonyl (C=O) groups is 1. The number of rotatable bonds is 2. The molecule has 0 radical (unpaired) electrons. The summed E-state index contributed by atoms with van der Waals surface area (Å²) in [6, 6.07) is 6.57. The number of pyridine rings is 1. The predicted molar refractivity (Wildman–Crippen MR) is 66.8 cm³/mol. The first-order chi connectivity index (χ1) is 8.91. The van der Waals surface area contributed by atoms with Crippen LogP contribution in [0.5, 0.6) is 0 Å². The number of aromatic nitrogens is 1. The van der Waals surface area contributed by atoms with Gasteiger partial charge in [0.1, 0.15) is 0 Å². The summed E-state index contributed by atoms with van der Waals surface area (Å²) >= 11 is 2.84. The van der Waals surface area contributed by atoms with Crippen molar-refractivity contribution in [2.45, 2.75) is 6.18 Å². The molecule has 1 aromatic heterocycles. The van der Waals surface area contributed by atoms with Crippen LogP contribution in [0.4, 0.5) is 13.2 Å². The molecule has 0 bridgehead atoms. The van der Waals surface area contributed by atoms with E-state index < -0.39 is 17.5 Å². The zero-order valence-electron chi connectivity index (χ0n) is 9.41. The zero-order chi connectivity index (χ0) is 14.0. The van der Waals surface area contributed by atoms with Crippen LogP contribution in [-0.2, 0) is 6.18 Å². The van der Waals surface area contributed by atoms with E-state index in [0.29, 0.717) is 0 Å². The van der Waals surface area contributed by atoms with Gasteiger partial charge in [0.05, 0.1) is 5.56 Å². The highest BCUT2D eigenvalue weighted by atomic mass is 79.9. The molecular formula is C13H7BrF3NO. The van der Waals surface area contributed by atoms with Gasteiger partial charge in [0, 0.05) is 28.0 Å². The minimum atomic E-state index is -4.60. The Labute approximate surface area is 115 Å². The van der Waals surface area contributed by atoms with Crippen LogP contribution >= 0.6 is 15.9 Å². The molecule has 1 aromatic carbocycles. The van der Waals surface area contributed by atoms with E-state index in [1.807, 2.05) is 0 Å². The molecule has 0 aliphatic rings. The summed E-state index contributed by atoms with van der Waals surface area (Å²) in [6.07, 6.45) is -1.88. The van der Waals surface area contributed by atoms with Crippen LogP contribution in [0.1, 0.15) is 21.5 Å². The average molecular weight is 330 g/mol. The molecule has 0 saturated heterocycles. The van der Waals surface area contributed by atoms with Crippen molar-refractivity contribution in [1.29, 1.82) is 0 Å². The molecule has 2 rings (SSSR count). The second kappa shape index (κ2) is 5.13. The lowest BCUT2D eigenvalue weighted by Gasteiger charge is -2.13. The molecule has 98 valence electrons. The zero-order valence-corrected chi connectivity index (χ0v) is 11.0. The van der Waals surface area contributed by atoms with Gasteiger partial charge in [-0.05, 0) is 18.2 Å². The van der Waals surface area contributed by atoms with Gasteiger partial charge in [0.25, 0.3) is 0 Å². The van der Waals surface area contributed by atoms with Crippen molar-refractivity contribution in [2.75, 3.05) is 0 Å². The van der Waals surface area contributed by atoms with Gasteiger partial charge in [-0.3, -0.25) is 9.78 Å². The van der Waals surface area contributed by atoms with Crippen LogP contribution < -0.4 is 0 Å². The Balaban J connectivity index is 2.58. The average Bonchev–Trinajstić information content (AvgIpc) is 2.37. The number of carbonyl (C=O) groups excluding carboxylic acids is 1. The molecule has 2 nitrogen and oxygen atoms in total. The van der Waals surface area contributed by atoms with E-state index in [4.69, 9.17) is 0 Å². The summed E-state index contributed by atoms with van der Waals surface area (Å²) in [5.41, 5.74) is -1.18. The third kappa shape index (κ3) is 2.84. The Kier molecular flexibility index (Phi) is 3.71. The Morgan fingerprint density at radius 1 is 1.11 bits per heavy atom. The van der Waals surface area contributed by atoms with Crippen molar-refractivity contribution in [1.82, 2.24) is 4.98 Å². The number of ketones is 1. The van der Waals surface area contributed by atoms with Crippen LogP contribution in [0.2, 0.25) is 0 Å². The third-order valence-electron chi connectivity index (χ3n) is 2.48. The minimum Gasteiger partial charge on any atom is -0.289 e. The van der Waals surface area contributed by atoms with E-state index in [1.54, 1.807) is 0 Å². The number of hydrogen-bond acceptors (Lipinski definition) is 2. The molecule has 0 saturated carbocycles. The Morgan fingerprint density at radius 3 is 2.32 bits per heavy atom. The molecule has 6 heteroatoms. The Morgan fingerprint density at radius 2 is 1.74 bits per heavy atom. The third-order valence-corrected chi connectivity index (χ3v) is 3.15. The van der Waals surface area contributed by atoms with Gasteiger partial charge in [0.15, 0.2) is 5.78 Å². The van der Waals surface area contributed by atoms with E-state index in [-0.39, 0.29) is 15.6 Å². The molecule has 1 heterocycles. The van der Waals surface area contributed by atoms with Crippen molar-refractivity contribution in [2.24, 2.45) is 0 Å². The van der Waals surface area contributed by atoms with Gasteiger partial charge < -0.3 is 0 Å². The fraction of sp³-hybridized carbons (Fsp3) is 0.0769. The van der Waals surface area contributed by atoms with Crippen molar-refractivity contribution in [3.63, 3.8) is 0 Å². The van der Waals surface area contributed by atoms with E-state index in [2.05, 4.69) is 20.9 Å². The summed E-state index contributed by atoms with van der Waals surface area (Å²) in [5, 5.41) is 0. The molecule has 19 heavy (non-hydrogen) atoms. The van der Waals surface area contributed by atoms with Crippen molar-refractivity contribution >= 4 is 21.7 Å². The maximum absolute atomic E-state index is 13.0. The fourth-order valence-electron chi connectivity index (χ4n) is 1.66. The van der Waals surface area contributed by atoms with Crippen molar-refractivity contribution < 1.29 is 18.0 Å². The quantitative estimate of drug-likeness (QED) is 0.776. The maximum atomic E-state index is 13.0.